The van der Waals surface area contributed by atoms with Crippen molar-refractivity contribution in [1.82, 2.24) is 5.32 Å². The molecule has 0 fully saturated rings. The van der Waals surface area contributed by atoms with E-state index in [-0.39, 0.29) is 5.91 Å². The first kappa shape index (κ1) is 13.2. The van der Waals surface area contributed by atoms with Crippen molar-refractivity contribution in [3.63, 3.8) is 0 Å². The first-order chi connectivity index (χ1) is 8.00. The number of rotatable bonds is 5. The standard InChI is InChI=1S/C13H17NO3/c1-9-4-3-5-11(8-9)12(15)14-7-6-10(2)13(16)17/h3-5,8,10H,6-7H2,1-2H3,(H,14,15)(H,16,17). The fourth-order valence-corrected chi connectivity index (χ4v) is 1.41. The van der Waals surface area contributed by atoms with Gasteiger partial charge < -0.3 is 10.4 Å². The summed E-state index contributed by atoms with van der Waals surface area (Å²) in [5.41, 5.74) is 1.63. The highest BCUT2D eigenvalue weighted by Crippen LogP contribution is 2.04. The van der Waals surface area contributed by atoms with Gasteiger partial charge in [0, 0.05) is 12.1 Å². The first-order valence-corrected chi connectivity index (χ1v) is 5.58. The summed E-state index contributed by atoms with van der Waals surface area (Å²) in [4.78, 5) is 22.3. The van der Waals surface area contributed by atoms with Crippen LogP contribution in [-0.4, -0.2) is 23.5 Å². The Balaban J connectivity index is 2.43. The van der Waals surface area contributed by atoms with Crippen molar-refractivity contribution in [3.8, 4) is 0 Å². The fraction of sp³-hybridized carbons (Fsp3) is 0.385. The summed E-state index contributed by atoms with van der Waals surface area (Å²) < 4.78 is 0. The van der Waals surface area contributed by atoms with Gasteiger partial charge in [-0.25, -0.2) is 0 Å². The van der Waals surface area contributed by atoms with Crippen LogP contribution in [0.1, 0.15) is 29.3 Å². The van der Waals surface area contributed by atoms with Crippen molar-refractivity contribution in [2.75, 3.05) is 6.54 Å². The third-order valence-corrected chi connectivity index (χ3v) is 2.56. The highest BCUT2D eigenvalue weighted by molar-refractivity contribution is 5.94. The van der Waals surface area contributed by atoms with Crippen LogP contribution in [0, 0.1) is 12.8 Å². The van der Waals surface area contributed by atoms with Crippen molar-refractivity contribution in [1.29, 1.82) is 0 Å². The van der Waals surface area contributed by atoms with Gasteiger partial charge in [-0.1, -0.05) is 24.6 Å². The number of aliphatic carboxylic acids is 1. The van der Waals surface area contributed by atoms with Crippen LogP contribution in [0.3, 0.4) is 0 Å². The van der Waals surface area contributed by atoms with Crippen LogP contribution < -0.4 is 5.32 Å². The third kappa shape index (κ3) is 4.26. The highest BCUT2D eigenvalue weighted by atomic mass is 16.4. The molecule has 17 heavy (non-hydrogen) atoms. The van der Waals surface area contributed by atoms with Gasteiger partial charge in [-0.2, -0.15) is 0 Å². The summed E-state index contributed by atoms with van der Waals surface area (Å²) in [5, 5.41) is 11.4. The molecule has 0 saturated heterocycles. The number of amides is 1. The Bertz CT molecular complexity index is 415. The molecule has 0 aliphatic heterocycles. The monoisotopic (exact) mass is 235 g/mol. The van der Waals surface area contributed by atoms with Crippen LogP contribution in [0.15, 0.2) is 24.3 Å². The largest absolute Gasteiger partial charge is 0.481 e. The molecule has 0 aliphatic carbocycles. The average Bonchev–Trinajstić information content (AvgIpc) is 2.28. The van der Waals surface area contributed by atoms with E-state index in [1.807, 2.05) is 19.1 Å². The smallest absolute Gasteiger partial charge is 0.306 e. The zero-order valence-electron chi connectivity index (χ0n) is 10.1. The number of carbonyl (C=O) groups excluding carboxylic acids is 1. The Labute approximate surface area is 101 Å². The molecule has 0 aliphatic rings. The highest BCUT2D eigenvalue weighted by Gasteiger charge is 2.11. The van der Waals surface area contributed by atoms with E-state index in [9.17, 15) is 9.59 Å². The van der Waals surface area contributed by atoms with Gasteiger partial charge in [0.25, 0.3) is 5.91 Å². The van der Waals surface area contributed by atoms with Crippen molar-refractivity contribution < 1.29 is 14.7 Å². The van der Waals surface area contributed by atoms with Gasteiger partial charge in [0.15, 0.2) is 0 Å². The maximum Gasteiger partial charge on any atom is 0.306 e. The lowest BCUT2D eigenvalue weighted by molar-refractivity contribution is -0.141. The predicted octanol–water partition coefficient (Wildman–Crippen LogP) is 1.84. The number of benzene rings is 1. The van der Waals surface area contributed by atoms with Gasteiger partial charge in [0.1, 0.15) is 0 Å². The van der Waals surface area contributed by atoms with E-state index < -0.39 is 11.9 Å². The average molecular weight is 235 g/mol. The number of aryl methyl sites for hydroxylation is 1. The Morgan fingerprint density at radius 2 is 2.12 bits per heavy atom. The SMILES string of the molecule is Cc1cccc(C(=O)NCCC(C)C(=O)O)c1. The number of carboxylic acid groups (broad SMARTS) is 1. The van der Waals surface area contributed by atoms with Gasteiger partial charge >= 0.3 is 5.97 Å². The lowest BCUT2D eigenvalue weighted by atomic mass is 10.1. The molecule has 1 unspecified atom stereocenters. The lowest BCUT2D eigenvalue weighted by Gasteiger charge is -2.08. The summed E-state index contributed by atoms with van der Waals surface area (Å²) >= 11 is 0. The number of hydrogen-bond acceptors (Lipinski definition) is 2. The minimum atomic E-state index is -0.838. The van der Waals surface area contributed by atoms with Gasteiger partial charge in [-0.3, -0.25) is 9.59 Å². The molecule has 0 aromatic heterocycles. The van der Waals surface area contributed by atoms with E-state index in [1.165, 1.54) is 0 Å². The minimum Gasteiger partial charge on any atom is -0.481 e. The fourth-order valence-electron chi connectivity index (χ4n) is 1.41. The molecule has 1 atom stereocenters. The topological polar surface area (TPSA) is 66.4 Å². The molecule has 4 heteroatoms. The zero-order chi connectivity index (χ0) is 12.8. The second-order valence-corrected chi connectivity index (χ2v) is 4.15. The van der Waals surface area contributed by atoms with Gasteiger partial charge in [-0.15, -0.1) is 0 Å². The summed E-state index contributed by atoms with van der Waals surface area (Å²) in [5.74, 6) is -1.44. The summed E-state index contributed by atoms with van der Waals surface area (Å²) in [7, 11) is 0. The van der Waals surface area contributed by atoms with Gasteiger partial charge in [0.2, 0.25) is 0 Å². The molecule has 0 radical (unpaired) electrons. The second kappa shape index (κ2) is 6.03. The summed E-state index contributed by atoms with van der Waals surface area (Å²) in [6, 6.07) is 7.28. The molecule has 1 aromatic carbocycles. The molecule has 0 spiro atoms. The van der Waals surface area contributed by atoms with Crippen LogP contribution in [0.5, 0.6) is 0 Å². The maximum atomic E-state index is 11.7. The zero-order valence-corrected chi connectivity index (χ0v) is 10.1. The van der Waals surface area contributed by atoms with Crippen LogP contribution in [0.2, 0.25) is 0 Å². The molecule has 0 bridgehead atoms. The molecule has 0 saturated carbocycles. The molecule has 4 nitrogen and oxygen atoms in total. The Morgan fingerprint density at radius 1 is 1.41 bits per heavy atom. The molecule has 2 N–H and O–H groups in total. The molecule has 1 rings (SSSR count). The van der Waals surface area contributed by atoms with E-state index >= 15 is 0 Å². The number of carboxylic acids is 1. The van der Waals surface area contributed by atoms with Gasteiger partial charge in [0.05, 0.1) is 5.92 Å². The van der Waals surface area contributed by atoms with Gasteiger partial charge in [-0.05, 0) is 25.5 Å². The van der Waals surface area contributed by atoms with E-state index in [2.05, 4.69) is 5.32 Å². The van der Waals surface area contributed by atoms with E-state index in [4.69, 9.17) is 5.11 Å². The van der Waals surface area contributed by atoms with Crippen LogP contribution in [-0.2, 0) is 4.79 Å². The molecule has 1 amide bonds. The van der Waals surface area contributed by atoms with Crippen molar-refractivity contribution >= 4 is 11.9 Å². The molecular formula is C13H17NO3. The van der Waals surface area contributed by atoms with Crippen LogP contribution in [0.25, 0.3) is 0 Å². The molecule has 0 heterocycles. The van der Waals surface area contributed by atoms with Crippen LogP contribution in [0.4, 0.5) is 0 Å². The summed E-state index contributed by atoms with van der Waals surface area (Å²) in [6.07, 6.45) is 0.437. The van der Waals surface area contributed by atoms with E-state index in [0.29, 0.717) is 18.5 Å². The van der Waals surface area contributed by atoms with Crippen molar-refractivity contribution in [2.24, 2.45) is 5.92 Å². The quantitative estimate of drug-likeness (QED) is 0.818. The molecular weight excluding hydrogens is 218 g/mol. The van der Waals surface area contributed by atoms with Crippen molar-refractivity contribution in [2.45, 2.75) is 20.3 Å². The number of nitrogens with one attached hydrogen (secondary N) is 1. The Kier molecular flexibility index (Phi) is 4.69. The van der Waals surface area contributed by atoms with E-state index in [1.54, 1.807) is 19.1 Å². The molecule has 92 valence electrons. The normalized spacial score (nSPS) is 11.9. The third-order valence-electron chi connectivity index (χ3n) is 2.56. The minimum absolute atomic E-state index is 0.161. The second-order valence-electron chi connectivity index (χ2n) is 4.15. The predicted molar refractivity (Wildman–Crippen MR) is 64.9 cm³/mol. The van der Waals surface area contributed by atoms with Crippen LogP contribution >= 0.6 is 0 Å². The Morgan fingerprint density at radius 3 is 2.71 bits per heavy atom. The van der Waals surface area contributed by atoms with E-state index in [0.717, 1.165) is 5.56 Å². The maximum absolute atomic E-state index is 11.7. The lowest BCUT2D eigenvalue weighted by Crippen LogP contribution is -2.27. The van der Waals surface area contributed by atoms with Crippen molar-refractivity contribution in [3.05, 3.63) is 35.4 Å². The first-order valence-electron chi connectivity index (χ1n) is 5.58. The molecule has 1 aromatic rings. The Hall–Kier alpha value is -1.84. The number of carbonyl (C=O) groups is 2. The summed E-state index contributed by atoms with van der Waals surface area (Å²) in [6.45, 7) is 3.92. The number of hydrogen-bond donors (Lipinski definition) is 2.